The van der Waals surface area contributed by atoms with Gasteiger partial charge in [-0.15, -0.1) is 0 Å². The molecular formula is C9H22N2. The second-order valence-electron chi connectivity index (χ2n) is 3.32. The summed E-state index contributed by atoms with van der Waals surface area (Å²) in [6, 6.07) is 0.379. The Labute approximate surface area is 70.3 Å². The van der Waals surface area contributed by atoms with E-state index in [1.165, 1.54) is 38.5 Å². The van der Waals surface area contributed by atoms with Crippen molar-refractivity contribution in [2.45, 2.75) is 51.5 Å². The Bertz CT molecular complexity index is 72.0. The maximum Gasteiger partial charge on any atom is 0.00104 e. The van der Waals surface area contributed by atoms with Crippen LogP contribution < -0.4 is 11.5 Å². The van der Waals surface area contributed by atoms with Gasteiger partial charge in [-0.25, -0.2) is 0 Å². The minimum Gasteiger partial charge on any atom is -0.330 e. The molecule has 68 valence electrons. The first-order valence-electron chi connectivity index (χ1n) is 4.73. The number of hydrogen-bond donors (Lipinski definition) is 2. The molecule has 11 heavy (non-hydrogen) atoms. The second-order valence-corrected chi connectivity index (χ2v) is 3.32. The molecule has 0 aromatic carbocycles. The topological polar surface area (TPSA) is 52.0 Å². The lowest BCUT2D eigenvalue weighted by molar-refractivity contribution is 0.558. The van der Waals surface area contributed by atoms with Crippen LogP contribution in [0.5, 0.6) is 0 Å². The monoisotopic (exact) mass is 158 g/mol. The Balaban J connectivity index is 2.80. The van der Waals surface area contributed by atoms with Gasteiger partial charge in [-0.2, -0.15) is 0 Å². The highest BCUT2D eigenvalue weighted by molar-refractivity contribution is 4.53. The van der Waals surface area contributed by atoms with Gasteiger partial charge in [0.2, 0.25) is 0 Å². The SMILES string of the molecule is CC(N)CCCCCCCN. The first kappa shape index (κ1) is 10.9. The summed E-state index contributed by atoms with van der Waals surface area (Å²) in [5.74, 6) is 0. The van der Waals surface area contributed by atoms with E-state index < -0.39 is 0 Å². The zero-order chi connectivity index (χ0) is 8.53. The minimum atomic E-state index is 0.379. The van der Waals surface area contributed by atoms with Crippen LogP contribution in [0, 0.1) is 0 Å². The molecule has 0 saturated carbocycles. The van der Waals surface area contributed by atoms with E-state index in [0.717, 1.165) is 6.54 Å². The Kier molecular flexibility index (Phi) is 7.96. The minimum absolute atomic E-state index is 0.379. The highest BCUT2D eigenvalue weighted by atomic mass is 14.6. The molecule has 0 aliphatic heterocycles. The van der Waals surface area contributed by atoms with Gasteiger partial charge >= 0.3 is 0 Å². The lowest BCUT2D eigenvalue weighted by Crippen LogP contribution is -2.13. The highest BCUT2D eigenvalue weighted by Gasteiger charge is 1.93. The molecule has 2 heteroatoms. The van der Waals surface area contributed by atoms with E-state index in [1.54, 1.807) is 0 Å². The summed E-state index contributed by atoms with van der Waals surface area (Å²) in [5, 5.41) is 0. The van der Waals surface area contributed by atoms with E-state index in [9.17, 15) is 0 Å². The van der Waals surface area contributed by atoms with Gasteiger partial charge in [0, 0.05) is 6.04 Å². The lowest BCUT2D eigenvalue weighted by Gasteiger charge is -2.03. The van der Waals surface area contributed by atoms with Crippen molar-refractivity contribution in [1.82, 2.24) is 0 Å². The van der Waals surface area contributed by atoms with Crippen LogP contribution in [0.15, 0.2) is 0 Å². The van der Waals surface area contributed by atoms with E-state index in [4.69, 9.17) is 11.5 Å². The first-order chi connectivity index (χ1) is 5.27. The third-order valence-electron chi connectivity index (χ3n) is 1.86. The lowest BCUT2D eigenvalue weighted by atomic mass is 10.1. The fraction of sp³-hybridized carbons (Fsp3) is 1.00. The Hall–Kier alpha value is -0.0800. The van der Waals surface area contributed by atoms with Gasteiger partial charge in [0.05, 0.1) is 0 Å². The molecule has 2 nitrogen and oxygen atoms in total. The Morgan fingerprint density at radius 1 is 1.00 bits per heavy atom. The highest BCUT2D eigenvalue weighted by Crippen LogP contribution is 2.05. The van der Waals surface area contributed by atoms with Gasteiger partial charge in [-0.05, 0) is 26.3 Å². The zero-order valence-corrected chi connectivity index (χ0v) is 7.68. The first-order valence-corrected chi connectivity index (χ1v) is 4.73. The van der Waals surface area contributed by atoms with Crippen molar-refractivity contribution >= 4 is 0 Å². The van der Waals surface area contributed by atoms with Crippen molar-refractivity contribution in [3.8, 4) is 0 Å². The molecule has 0 heterocycles. The number of unbranched alkanes of at least 4 members (excludes halogenated alkanes) is 4. The van der Waals surface area contributed by atoms with Crippen LogP contribution in [0.2, 0.25) is 0 Å². The van der Waals surface area contributed by atoms with E-state index in [0.29, 0.717) is 6.04 Å². The van der Waals surface area contributed by atoms with Crippen molar-refractivity contribution in [3.63, 3.8) is 0 Å². The summed E-state index contributed by atoms with van der Waals surface area (Å²) in [5.41, 5.74) is 11.0. The smallest absolute Gasteiger partial charge is 0.00104 e. The molecule has 0 aliphatic rings. The van der Waals surface area contributed by atoms with Crippen molar-refractivity contribution < 1.29 is 0 Å². The predicted molar refractivity (Wildman–Crippen MR) is 50.4 cm³/mol. The molecule has 0 radical (unpaired) electrons. The molecule has 0 saturated heterocycles. The van der Waals surface area contributed by atoms with Gasteiger partial charge in [0.1, 0.15) is 0 Å². The van der Waals surface area contributed by atoms with E-state index in [-0.39, 0.29) is 0 Å². The maximum absolute atomic E-state index is 5.61. The number of hydrogen-bond acceptors (Lipinski definition) is 2. The molecule has 4 N–H and O–H groups in total. The average Bonchev–Trinajstić information content (AvgIpc) is 1.96. The van der Waals surface area contributed by atoms with Crippen LogP contribution in [0.25, 0.3) is 0 Å². The molecule has 0 rings (SSSR count). The molecular weight excluding hydrogens is 136 g/mol. The fourth-order valence-corrected chi connectivity index (χ4v) is 1.14. The van der Waals surface area contributed by atoms with Crippen LogP contribution in [0.3, 0.4) is 0 Å². The predicted octanol–water partition coefficient (Wildman–Crippen LogP) is 1.63. The van der Waals surface area contributed by atoms with Gasteiger partial charge in [-0.3, -0.25) is 0 Å². The average molecular weight is 158 g/mol. The maximum atomic E-state index is 5.61. The van der Waals surface area contributed by atoms with Gasteiger partial charge in [-0.1, -0.05) is 25.7 Å². The summed E-state index contributed by atoms with van der Waals surface area (Å²) in [4.78, 5) is 0. The van der Waals surface area contributed by atoms with Crippen molar-refractivity contribution in [2.75, 3.05) is 6.54 Å². The summed E-state index contributed by atoms with van der Waals surface area (Å²) in [7, 11) is 0. The summed E-state index contributed by atoms with van der Waals surface area (Å²) >= 11 is 0. The summed E-state index contributed by atoms with van der Waals surface area (Å²) in [6.45, 7) is 2.91. The standard InChI is InChI=1S/C9H22N2/c1-9(11)7-5-3-2-4-6-8-10/h9H,2-8,10-11H2,1H3. The Morgan fingerprint density at radius 2 is 1.55 bits per heavy atom. The van der Waals surface area contributed by atoms with Crippen molar-refractivity contribution in [1.29, 1.82) is 0 Å². The molecule has 1 unspecified atom stereocenters. The van der Waals surface area contributed by atoms with Gasteiger partial charge < -0.3 is 11.5 Å². The molecule has 0 aliphatic carbocycles. The van der Waals surface area contributed by atoms with Crippen LogP contribution >= 0.6 is 0 Å². The van der Waals surface area contributed by atoms with E-state index >= 15 is 0 Å². The fourth-order valence-electron chi connectivity index (χ4n) is 1.14. The van der Waals surface area contributed by atoms with E-state index in [1.807, 2.05) is 0 Å². The number of rotatable bonds is 7. The molecule has 0 aromatic heterocycles. The van der Waals surface area contributed by atoms with Crippen LogP contribution in [-0.2, 0) is 0 Å². The third kappa shape index (κ3) is 9.92. The summed E-state index contributed by atoms with van der Waals surface area (Å²) in [6.07, 6.45) is 7.56. The Morgan fingerprint density at radius 3 is 2.09 bits per heavy atom. The molecule has 0 spiro atoms. The number of nitrogens with two attached hydrogens (primary N) is 2. The molecule has 0 fully saturated rings. The normalized spacial score (nSPS) is 13.4. The summed E-state index contributed by atoms with van der Waals surface area (Å²) < 4.78 is 0. The molecule has 0 bridgehead atoms. The second kappa shape index (κ2) is 8.02. The van der Waals surface area contributed by atoms with E-state index in [2.05, 4.69) is 6.92 Å². The molecule has 0 aromatic rings. The largest absolute Gasteiger partial charge is 0.330 e. The van der Waals surface area contributed by atoms with Crippen LogP contribution in [0.4, 0.5) is 0 Å². The molecule has 1 atom stereocenters. The van der Waals surface area contributed by atoms with Crippen LogP contribution in [-0.4, -0.2) is 12.6 Å². The quantitative estimate of drug-likeness (QED) is 0.553. The van der Waals surface area contributed by atoms with Crippen molar-refractivity contribution in [3.05, 3.63) is 0 Å². The van der Waals surface area contributed by atoms with Crippen LogP contribution in [0.1, 0.15) is 45.4 Å². The van der Waals surface area contributed by atoms with Crippen molar-refractivity contribution in [2.24, 2.45) is 11.5 Å². The molecule has 0 amide bonds. The third-order valence-corrected chi connectivity index (χ3v) is 1.86. The van der Waals surface area contributed by atoms with Gasteiger partial charge in [0.25, 0.3) is 0 Å². The van der Waals surface area contributed by atoms with Gasteiger partial charge in [0.15, 0.2) is 0 Å². The zero-order valence-electron chi connectivity index (χ0n) is 7.68.